The number of hydrogen-bond donors (Lipinski definition) is 1. The first kappa shape index (κ1) is 13.0. The van der Waals surface area contributed by atoms with Gasteiger partial charge in [0.15, 0.2) is 0 Å². The van der Waals surface area contributed by atoms with Crippen LogP contribution < -0.4 is 0 Å². The Balaban J connectivity index is 2.60. The SMILES string of the molecule is CC(C)CN(C(C)C)C1CCCCC1O. The topological polar surface area (TPSA) is 23.5 Å². The standard InChI is InChI=1S/C13H27NO/c1-10(2)9-14(11(3)4)12-7-5-6-8-13(12)15/h10-13,15H,5-9H2,1-4H3. The first-order valence-electron chi connectivity index (χ1n) is 6.46. The van der Waals surface area contributed by atoms with Crippen LogP contribution in [-0.4, -0.2) is 34.7 Å². The predicted molar refractivity (Wildman–Crippen MR) is 64.9 cm³/mol. The fourth-order valence-electron chi connectivity index (χ4n) is 2.63. The maximum Gasteiger partial charge on any atom is 0.0695 e. The minimum absolute atomic E-state index is 0.0973. The molecule has 0 aromatic rings. The zero-order valence-electron chi connectivity index (χ0n) is 10.7. The highest BCUT2D eigenvalue weighted by atomic mass is 16.3. The van der Waals surface area contributed by atoms with Crippen molar-refractivity contribution in [2.24, 2.45) is 5.92 Å². The van der Waals surface area contributed by atoms with Crippen molar-refractivity contribution in [3.05, 3.63) is 0 Å². The lowest BCUT2D eigenvalue weighted by molar-refractivity contribution is -0.000555. The lowest BCUT2D eigenvalue weighted by Gasteiger charge is -2.41. The van der Waals surface area contributed by atoms with Crippen molar-refractivity contribution in [2.75, 3.05) is 6.54 Å². The molecule has 2 nitrogen and oxygen atoms in total. The second kappa shape index (κ2) is 5.86. The van der Waals surface area contributed by atoms with Gasteiger partial charge in [0.2, 0.25) is 0 Å². The van der Waals surface area contributed by atoms with E-state index in [-0.39, 0.29) is 6.10 Å². The Hall–Kier alpha value is -0.0800. The summed E-state index contributed by atoms with van der Waals surface area (Å²) in [5.74, 6) is 0.682. The van der Waals surface area contributed by atoms with Crippen molar-refractivity contribution >= 4 is 0 Å². The van der Waals surface area contributed by atoms with E-state index < -0.39 is 0 Å². The van der Waals surface area contributed by atoms with Crippen LogP contribution in [0.1, 0.15) is 53.4 Å². The Morgan fingerprint density at radius 1 is 1.13 bits per heavy atom. The Kier molecular flexibility index (Phi) is 5.07. The summed E-state index contributed by atoms with van der Waals surface area (Å²) in [6, 6.07) is 0.950. The number of hydrogen-bond acceptors (Lipinski definition) is 2. The van der Waals surface area contributed by atoms with Crippen molar-refractivity contribution in [3.8, 4) is 0 Å². The molecule has 1 aliphatic carbocycles. The molecule has 0 aromatic heterocycles. The molecule has 15 heavy (non-hydrogen) atoms. The van der Waals surface area contributed by atoms with E-state index in [4.69, 9.17) is 0 Å². The van der Waals surface area contributed by atoms with Crippen molar-refractivity contribution in [1.29, 1.82) is 0 Å². The third-order valence-corrected chi connectivity index (χ3v) is 3.36. The van der Waals surface area contributed by atoms with Gasteiger partial charge in [-0.05, 0) is 32.6 Å². The van der Waals surface area contributed by atoms with Gasteiger partial charge in [-0.25, -0.2) is 0 Å². The summed E-state index contributed by atoms with van der Waals surface area (Å²) in [6.45, 7) is 10.1. The van der Waals surface area contributed by atoms with Gasteiger partial charge < -0.3 is 5.11 Å². The first-order valence-corrected chi connectivity index (χ1v) is 6.46. The first-order chi connectivity index (χ1) is 7.02. The maximum absolute atomic E-state index is 10.1. The fourth-order valence-corrected chi connectivity index (χ4v) is 2.63. The molecule has 0 bridgehead atoms. The highest BCUT2D eigenvalue weighted by Gasteiger charge is 2.30. The van der Waals surface area contributed by atoms with E-state index in [1.54, 1.807) is 0 Å². The van der Waals surface area contributed by atoms with Crippen molar-refractivity contribution in [3.63, 3.8) is 0 Å². The van der Waals surface area contributed by atoms with Gasteiger partial charge in [0.25, 0.3) is 0 Å². The smallest absolute Gasteiger partial charge is 0.0695 e. The van der Waals surface area contributed by atoms with E-state index in [0.29, 0.717) is 18.0 Å². The maximum atomic E-state index is 10.1. The average Bonchev–Trinajstić information content (AvgIpc) is 2.15. The van der Waals surface area contributed by atoms with E-state index in [0.717, 1.165) is 13.0 Å². The fraction of sp³-hybridized carbons (Fsp3) is 1.00. The highest BCUT2D eigenvalue weighted by Crippen LogP contribution is 2.25. The Morgan fingerprint density at radius 3 is 2.20 bits per heavy atom. The van der Waals surface area contributed by atoms with Gasteiger partial charge in [0.1, 0.15) is 0 Å². The molecule has 1 aliphatic rings. The van der Waals surface area contributed by atoms with E-state index in [9.17, 15) is 5.11 Å². The van der Waals surface area contributed by atoms with E-state index in [2.05, 4.69) is 32.6 Å². The van der Waals surface area contributed by atoms with Gasteiger partial charge in [0, 0.05) is 18.6 Å². The molecule has 0 spiro atoms. The molecule has 2 unspecified atom stereocenters. The minimum atomic E-state index is -0.0973. The average molecular weight is 213 g/mol. The minimum Gasteiger partial charge on any atom is -0.391 e. The summed E-state index contributed by atoms with van der Waals surface area (Å²) in [5.41, 5.74) is 0. The molecule has 0 saturated heterocycles. The number of aliphatic hydroxyl groups excluding tert-OH is 1. The lowest BCUT2D eigenvalue weighted by Crippen LogP contribution is -2.50. The van der Waals surface area contributed by atoms with Crippen LogP contribution in [-0.2, 0) is 0 Å². The normalized spacial score (nSPS) is 28.0. The molecule has 0 heterocycles. The molecule has 0 aromatic carbocycles. The third kappa shape index (κ3) is 3.76. The molecule has 0 aliphatic heterocycles. The quantitative estimate of drug-likeness (QED) is 0.776. The van der Waals surface area contributed by atoms with E-state index in [1.165, 1.54) is 19.3 Å². The Labute approximate surface area is 94.7 Å². The second-order valence-corrected chi connectivity index (χ2v) is 5.60. The largest absolute Gasteiger partial charge is 0.391 e. The molecule has 1 rings (SSSR count). The van der Waals surface area contributed by atoms with Crippen LogP contribution in [0.2, 0.25) is 0 Å². The predicted octanol–water partition coefficient (Wildman–Crippen LogP) is 2.66. The molecule has 1 N–H and O–H groups in total. The van der Waals surface area contributed by atoms with Crippen molar-refractivity contribution in [1.82, 2.24) is 4.90 Å². The van der Waals surface area contributed by atoms with Crippen LogP contribution >= 0.6 is 0 Å². The van der Waals surface area contributed by atoms with Crippen LogP contribution in [0.4, 0.5) is 0 Å². The van der Waals surface area contributed by atoms with Gasteiger partial charge in [-0.2, -0.15) is 0 Å². The molecular formula is C13H27NO. The van der Waals surface area contributed by atoms with Gasteiger partial charge in [-0.1, -0.05) is 26.7 Å². The molecular weight excluding hydrogens is 186 g/mol. The van der Waals surface area contributed by atoms with Crippen molar-refractivity contribution in [2.45, 2.75) is 71.6 Å². The van der Waals surface area contributed by atoms with Crippen LogP contribution in [0, 0.1) is 5.92 Å². The van der Waals surface area contributed by atoms with Crippen molar-refractivity contribution < 1.29 is 5.11 Å². The van der Waals surface area contributed by atoms with Gasteiger partial charge in [-0.15, -0.1) is 0 Å². The zero-order valence-corrected chi connectivity index (χ0v) is 10.7. The summed E-state index contributed by atoms with van der Waals surface area (Å²) in [7, 11) is 0. The summed E-state index contributed by atoms with van der Waals surface area (Å²) >= 11 is 0. The third-order valence-electron chi connectivity index (χ3n) is 3.36. The molecule has 90 valence electrons. The Morgan fingerprint density at radius 2 is 1.73 bits per heavy atom. The summed E-state index contributed by atoms with van der Waals surface area (Å²) in [6.07, 6.45) is 4.55. The number of aliphatic hydroxyl groups is 1. The zero-order chi connectivity index (χ0) is 11.4. The molecule has 1 saturated carbocycles. The van der Waals surface area contributed by atoms with Crippen LogP contribution in [0.3, 0.4) is 0 Å². The molecule has 2 heteroatoms. The lowest BCUT2D eigenvalue weighted by atomic mass is 9.90. The summed E-state index contributed by atoms with van der Waals surface area (Å²) < 4.78 is 0. The van der Waals surface area contributed by atoms with Gasteiger partial charge >= 0.3 is 0 Å². The molecule has 0 radical (unpaired) electrons. The Bertz CT molecular complexity index is 179. The van der Waals surface area contributed by atoms with E-state index >= 15 is 0 Å². The molecule has 0 amide bonds. The van der Waals surface area contributed by atoms with Gasteiger partial charge in [0.05, 0.1) is 6.10 Å². The summed E-state index contributed by atoms with van der Waals surface area (Å²) in [4.78, 5) is 2.49. The van der Waals surface area contributed by atoms with Crippen LogP contribution in [0.15, 0.2) is 0 Å². The van der Waals surface area contributed by atoms with Crippen LogP contribution in [0.5, 0.6) is 0 Å². The summed E-state index contributed by atoms with van der Waals surface area (Å²) in [5, 5.41) is 10.1. The molecule has 2 atom stereocenters. The number of nitrogens with zero attached hydrogens (tertiary/aromatic N) is 1. The second-order valence-electron chi connectivity index (χ2n) is 5.60. The number of rotatable bonds is 4. The van der Waals surface area contributed by atoms with Crippen LogP contribution in [0.25, 0.3) is 0 Å². The monoisotopic (exact) mass is 213 g/mol. The van der Waals surface area contributed by atoms with Gasteiger partial charge in [-0.3, -0.25) is 4.90 Å². The highest BCUT2D eigenvalue weighted by molar-refractivity contribution is 4.85. The molecule has 1 fully saturated rings. The van der Waals surface area contributed by atoms with E-state index in [1.807, 2.05) is 0 Å².